The lowest BCUT2D eigenvalue weighted by Crippen LogP contribution is -2.41. The number of aromatic nitrogens is 2. The van der Waals surface area contributed by atoms with E-state index in [1.165, 1.54) is 0 Å². The van der Waals surface area contributed by atoms with Crippen molar-refractivity contribution in [3.05, 3.63) is 42.7 Å². The van der Waals surface area contributed by atoms with Gasteiger partial charge in [0.25, 0.3) is 0 Å². The van der Waals surface area contributed by atoms with Crippen LogP contribution < -0.4 is 20.1 Å². The average Bonchev–Trinajstić information content (AvgIpc) is 2.64. The summed E-state index contributed by atoms with van der Waals surface area (Å²) in [5, 5.41) is 5.86. The van der Waals surface area contributed by atoms with E-state index >= 15 is 0 Å². The molecule has 2 amide bonds. The second-order valence-corrected chi connectivity index (χ2v) is 5.96. The molecule has 0 spiro atoms. The van der Waals surface area contributed by atoms with Gasteiger partial charge in [0.1, 0.15) is 6.10 Å². The number of nitrogens with zero attached hydrogens (tertiary/aromatic N) is 2. The summed E-state index contributed by atoms with van der Waals surface area (Å²) in [5.41, 5.74) is 0.786. The molecule has 1 aliphatic carbocycles. The Balaban J connectivity index is 1.43. The molecular formula is C18H22N4O3. The number of urea groups is 1. The van der Waals surface area contributed by atoms with Crippen LogP contribution >= 0.6 is 0 Å². The van der Waals surface area contributed by atoms with Gasteiger partial charge in [-0.1, -0.05) is 18.2 Å². The van der Waals surface area contributed by atoms with E-state index in [1.807, 2.05) is 30.3 Å². The molecule has 7 nitrogen and oxygen atoms in total. The number of hydrogen-bond donors (Lipinski definition) is 2. The fourth-order valence-corrected chi connectivity index (χ4v) is 2.86. The monoisotopic (exact) mass is 342 g/mol. The number of benzene rings is 1. The van der Waals surface area contributed by atoms with Gasteiger partial charge >= 0.3 is 6.03 Å². The van der Waals surface area contributed by atoms with Gasteiger partial charge in [-0.15, -0.1) is 0 Å². The van der Waals surface area contributed by atoms with Crippen molar-refractivity contribution in [2.24, 2.45) is 0 Å². The van der Waals surface area contributed by atoms with E-state index in [2.05, 4.69) is 20.6 Å². The van der Waals surface area contributed by atoms with Gasteiger partial charge in [-0.3, -0.25) is 4.98 Å². The van der Waals surface area contributed by atoms with Crippen molar-refractivity contribution in [3.8, 4) is 11.8 Å². The first-order valence-electron chi connectivity index (χ1n) is 8.38. The summed E-state index contributed by atoms with van der Waals surface area (Å²) in [4.78, 5) is 20.3. The number of amides is 2. The summed E-state index contributed by atoms with van der Waals surface area (Å²) in [6.45, 7) is 0. The predicted molar refractivity (Wildman–Crippen MR) is 93.9 cm³/mol. The lowest BCUT2D eigenvalue weighted by atomic mass is 9.93. The number of para-hydroxylation sites is 1. The molecule has 1 aliphatic rings. The Labute approximate surface area is 146 Å². The SMILES string of the molecule is COc1cncc(OC2CCC(NC(=O)Nc3ccccc3)CC2)n1. The zero-order chi connectivity index (χ0) is 17.5. The summed E-state index contributed by atoms with van der Waals surface area (Å²) < 4.78 is 10.9. The molecule has 25 heavy (non-hydrogen) atoms. The van der Waals surface area contributed by atoms with Gasteiger partial charge in [-0.2, -0.15) is 4.98 Å². The molecule has 1 aromatic heterocycles. The fraction of sp³-hybridized carbons (Fsp3) is 0.389. The normalized spacial score (nSPS) is 19.7. The topological polar surface area (TPSA) is 85.4 Å². The summed E-state index contributed by atoms with van der Waals surface area (Å²) in [5.74, 6) is 0.906. The zero-order valence-electron chi connectivity index (χ0n) is 14.1. The first-order chi connectivity index (χ1) is 12.2. The molecule has 0 radical (unpaired) electrons. The number of rotatable bonds is 5. The predicted octanol–water partition coefficient (Wildman–Crippen LogP) is 3.00. The van der Waals surface area contributed by atoms with Crippen molar-refractivity contribution < 1.29 is 14.3 Å². The second kappa shape index (κ2) is 8.32. The molecule has 0 atom stereocenters. The third kappa shape index (κ3) is 5.07. The smallest absolute Gasteiger partial charge is 0.319 e. The highest BCUT2D eigenvalue weighted by atomic mass is 16.5. The first kappa shape index (κ1) is 17.0. The quantitative estimate of drug-likeness (QED) is 0.872. The van der Waals surface area contributed by atoms with Gasteiger partial charge in [-0.05, 0) is 37.8 Å². The van der Waals surface area contributed by atoms with Crippen LogP contribution in [0.25, 0.3) is 0 Å². The highest BCUT2D eigenvalue weighted by molar-refractivity contribution is 5.89. The minimum atomic E-state index is -0.172. The van der Waals surface area contributed by atoms with Crippen LogP contribution in [-0.4, -0.2) is 35.3 Å². The third-order valence-corrected chi connectivity index (χ3v) is 4.13. The lowest BCUT2D eigenvalue weighted by molar-refractivity contribution is 0.134. The van der Waals surface area contributed by atoms with Crippen LogP contribution in [-0.2, 0) is 0 Å². The van der Waals surface area contributed by atoms with E-state index in [9.17, 15) is 4.79 Å². The Bertz CT molecular complexity index is 688. The van der Waals surface area contributed by atoms with Gasteiger partial charge in [0.05, 0.1) is 19.5 Å². The molecule has 7 heteroatoms. The second-order valence-electron chi connectivity index (χ2n) is 5.96. The zero-order valence-corrected chi connectivity index (χ0v) is 14.1. The highest BCUT2D eigenvalue weighted by Crippen LogP contribution is 2.23. The molecule has 2 aromatic rings. The summed E-state index contributed by atoms with van der Waals surface area (Å²) in [6.07, 6.45) is 6.65. The number of hydrogen-bond acceptors (Lipinski definition) is 5. The molecule has 1 heterocycles. The van der Waals surface area contributed by atoms with E-state index in [1.54, 1.807) is 19.5 Å². The molecule has 0 saturated heterocycles. The van der Waals surface area contributed by atoms with Gasteiger partial charge in [0.2, 0.25) is 11.8 Å². The van der Waals surface area contributed by atoms with Crippen LogP contribution in [0.3, 0.4) is 0 Å². The number of methoxy groups -OCH3 is 1. The minimum absolute atomic E-state index is 0.0802. The van der Waals surface area contributed by atoms with Crippen LogP contribution in [0, 0.1) is 0 Å². The lowest BCUT2D eigenvalue weighted by Gasteiger charge is -2.29. The molecule has 0 bridgehead atoms. The molecular weight excluding hydrogens is 320 g/mol. The highest BCUT2D eigenvalue weighted by Gasteiger charge is 2.24. The van der Waals surface area contributed by atoms with Crippen LogP contribution in [0.4, 0.5) is 10.5 Å². The van der Waals surface area contributed by atoms with E-state index in [0.29, 0.717) is 11.8 Å². The average molecular weight is 342 g/mol. The Morgan fingerprint density at radius 3 is 2.52 bits per heavy atom. The van der Waals surface area contributed by atoms with E-state index in [0.717, 1.165) is 31.4 Å². The third-order valence-electron chi connectivity index (χ3n) is 4.13. The molecule has 2 N–H and O–H groups in total. The Kier molecular flexibility index (Phi) is 5.66. The maximum absolute atomic E-state index is 12.0. The van der Waals surface area contributed by atoms with Gasteiger partial charge < -0.3 is 20.1 Å². The van der Waals surface area contributed by atoms with Crippen molar-refractivity contribution in [2.45, 2.75) is 37.8 Å². The maximum Gasteiger partial charge on any atom is 0.319 e. The van der Waals surface area contributed by atoms with Crippen LogP contribution in [0.15, 0.2) is 42.7 Å². The molecule has 1 saturated carbocycles. The molecule has 1 fully saturated rings. The molecule has 0 aliphatic heterocycles. The van der Waals surface area contributed by atoms with Crippen LogP contribution in [0.2, 0.25) is 0 Å². The summed E-state index contributed by atoms with van der Waals surface area (Å²) in [7, 11) is 1.55. The standard InChI is InChI=1S/C18H22N4O3/c1-24-16-11-19-12-17(22-16)25-15-9-7-14(8-10-15)21-18(23)20-13-5-3-2-4-6-13/h2-6,11-12,14-15H,7-10H2,1H3,(H2,20,21,23). The van der Waals surface area contributed by atoms with E-state index < -0.39 is 0 Å². The van der Waals surface area contributed by atoms with Crippen molar-refractivity contribution >= 4 is 11.7 Å². The summed E-state index contributed by atoms with van der Waals surface area (Å²) >= 11 is 0. The van der Waals surface area contributed by atoms with Crippen LogP contribution in [0.1, 0.15) is 25.7 Å². The minimum Gasteiger partial charge on any atom is -0.480 e. The van der Waals surface area contributed by atoms with Crippen molar-refractivity contribution in [1.29, 1.82) is 0 Å². The van der Waals surface area contributed by atoms with Crippen LogP contribution in [0.5, 0.6) is 11.8 Å². The molecule has 1 aromatic carbocycles. The number of carbonyl (C=O) groups is 1. The van der Waals surface area contributed by atoms with E-state index in [4.69, 9.17) is 9.47 Å². The fourth-order valence-electron chi connectivity index (χ4n) is 2.86. The first-order valence-corrected chi connectivity index (χ1v) is 8.38. The number of ether oxygens (including phenoxy) is 2. The van der Waals surface area contributed by atoms with Crippen molar-refractivity contribution in [2.75, 3.05) is 12.4 Å². The molecule has 132 valence electrons. The van der Waals surface area contributed by atoms with E-state index in [-0.39, 0.29) is 18.2 Å². The van der Waals surface area contributed by atoms with Crippen molar-refractivity contribution in [1.82, 2.24) is 15.3 Å². The van der Waals surface area contributed by atoms with Gasteiger partial charge in [0, 0.05) is 11.7 Å². The largest absolute Gasteiger partial charge is 0.480 e. The summed E-state index contributed by atoms with van der Waals surface area (Å²) in [6, 6.07) is 9.39. The van der Waals surface area contributed by atoms with Gasteiger partial charge in [0.15, 0.2) is 0 Å². The Morgan fingerprint density at radius 2 is 1.80 bits per heavy atom. The van der Waals surface area contributed by atoms with Crippen molar-refractivity contribution in [3.63, 3.8) is 0 Å². The Hall–Kier alpha value is -2.83. The number of carbonyl (C=O) groups excluding carboxylic acids is 1. The molecule has 0 unspecified atom stereocenters. The number of anilines is 1. The Morgan fingerprint density at radius 1 is 1.08 bits per heavy atom. The van der Waals surface area contributed by atoms with Gasteiger partial charge in [-0.25, -0.2) is 4.79 Å². The number of nitrogens with one attached hydrogen (secondary N) is 2. The molecule has 3 rings (SSSR count). The maximum atomic E-state index is 12.0.